The van der Waals surface area contributed by atoms with Crippen LogP contribution in [0.25, 0.3) is 0 Å². The van der Waals surface area contributed by atoms with Crippen molar-refractivity contribution in [2.45, 2.75) is 75.6 Å². The fraction of sp³-hybridized carbons (Fsp3) is 0.538. The van der Waals surface area contributed by atoms with Gasteiger partial charge in [0.2, 0.25) is 5.72 Å². The van der Waals surface area contributed by atoms with Crippen LogP contribution in [-0.2, 0) is 17.8 Å². The van der Waals surface area contributed by atoms with Crippen molar-refractivity contribution in [1.82, 2.24) is 5.32 Å². The third kappa shape index (κ3) is 9.92. The maximum Gasteiger partial charge on any atom is 0.573 e. The lowest BCUT2D eigenvalue weighted by molar-refractivity contribution is -0.322. The predicted octanol–water partition coefficient (Wildman–Crippen LogP) is 6.98. The van der Waals surface area contributed by atoms with E-state index < -0.39 is 61.5 Å². The first kappa shape index (κ1) is 32.7. The standard InChI is InChI=1S/C26H27F10NO4/c27-22(28)24(29,30)40-20-8-2-5-17(11-20)14-37-23(38,25(31,32)33)13-16-4-1-7-19(10-16)39-15-18-6-3-9-21(12-18)41-26(34,35)36/h1,3-4,6-7,9-10,12,17,20,22,37-38H,2,5,8,11,13-15H2. The Balaban J connectivity index is 1.63. The highest BCUT2D eigenvalue weighted by Gasteiger charge is 2.54. The van der Waals surface area contributed by atoms with Crippen molar-refractivity contribution >= 4 is 0 Å². The summed E-state index contributed by atoms with van der Waals surface area (Å²) >= 11 is 0. The van der Waals surface area contributed by atoms with Crippen LogP contribution >= 0.6 is 0 Å². The molecule has 3 rings (SSSR count). The highest BCUT2D eigenvalue weighted by Crippen LogP contribution is 2.36. The minimum atomic E-state index is -5.17. The second kappa shape index (κ2) is 13.0. The lowest BCUT2D eigenvalue weighted by Gasteiger charge is -2.36. The maximum atomic E-state index is 13.9. The Hall–Kier alpha value is -2.78. The molecule has 0 heterocycles. The smallest absolute Gasteiger partial charge is 0.489 e. The van der Waals surface area contributed by atoms with E-state index in [9.17, 15) is 49.0 Å². The molecule has 1 aliphatic rings. The van der Waals surface area contributed by atoms with Gasteiger partial charge in [-0.1, -0.05) is 30.7 Å². The number of alkyl halides is 10. The molecule has 0 radical (unpaired) electrons. The van der Waals surface area contributed by atoms with Crippen LogP contribution in [0.2, 0.25) is 0 Å². The van der Waals surface area contributed by atoms with Gasteiger partial charge in [0.1, 0.15) is 18.1 Å². The van der Waals surface area contributed by atoms with Crippen molar-refractivity contribution in [2.75, 3.05) is 6.54 Å². The minimum absolute atomic E-state index is 0.00888. The molecule has 0 aromatic heterocycles. The van der Waals surface area contributed by atoms with E-state index in [0.717, 1.165) is 12.1 Å². The Labute approximate surface area is 228 Å². The number of hydrogen-bond acceptors (Lipinski definition) is 5. The number of benzene rings is 2. The van der Waals surface area contributed by atoms with Crippen molar-refractivity contribution < 1.29 is 63.2 Å². The zero-order valence-electron chi connectivity index (χ0n) is 21.3. The average molecular weight is 607 g/mol. The molecule has 2 aromatic rings. The predicted molar refractivity (Wildman–Crippen MR) is 124 cm³/mol. The Morgan fingerprint density at radius 1 is 0.878 bits per heavy atom. The molecule has 3 atom stereocenters. The number of nitrogens with one attached hydrogen (secondary N) is 1. The van der Waals surface area contributed by atoms with Gasteiger partial charge in [0.05, 0.1) is 6.10 Å². The zero-order chi connectivity index (χ0) is 30.5. The van der Waals surface area contributed by atoms with E-state index in [0.29, 0.717) is 6.42 Å². The van der Waals surface area contributed by atoms with Crippen LogP contribution in [0.4, 0.5) is 43.9 Å². The molecule has 15 heteroatoms. The first-order valence-corrected chi connectivity index (χ1v) is 12.4. The van der Waals surface area contributed by atoms with Crippen molar-refractivity contribution in [3.63, 3.8) is 0 Å². The lowest BCUT2D eigenvalue weighted by atomic mass is 9.86. The van der Waals surface area contributed by atoms with E-state index in [-0.39, 0.29) is 42.7 Å². The summed E-state index contributed by atoms with van der Waals surface area (Å²) in [6, 6.07) is 10.2. The summed E-state index contributed by atoms with van der Waals surface area (Å²) in [5.74, 6) is -1.07. The monoisotopic (exact) mass is 607 g/mol. The normalized spacial score (nSPS) is 20.1. The quantitative estimate of drug-likeness (QED) is 0.202. The fourth-order valence-electron chi connectivity index (χ4n) is 4.42. The minimum Gasteiger partial charge on any atom is -0.489 e. The van der Waals surface area contributed by atoms with E-state index in [2.05, 4.69) is 14.8 Å². The van der Waals surface area contributed by atoms with Crippen molar-refractivity contribution in [2.24, 2.45) is 5.92 Å². The highest BCUT2D eigenvalue weighted by molar-refractivity contribution is 5.32. The Morgan fingerprint density at radius 2 is 1.51 bits per heavy atom. The molecule has 2 N–H and O–H groups in total. The molecule has 0 bridgehead atoms. The van der Waals surface area contributed by atoms with E-state index >= 15 is 0 Å². The summed E-state index contributed by atoms with van der Waals surface area (Å²) in [6.07, 6.45) is -20.7. The second-order valence-corrected chi connectivity index (χ2v) is 9.68. The number of rotatable bonds is 12. The van der Waals surface area contributed by atoms with Gasteiger partial charge >= 0.3 is 25.1 Å². The summed E-state index contributed by atoms with van der Waals surface area (Å²) in [7, 11) is 0. The third-order valence-electron chi connectivity index (χ3n) is 6.36. The topological polar surface area (TPSA) is 60.0 Å². The third-order valence-corrected chi connectivity index (χ3v) is 6.36. The molecule has 0 amide bonds. The Bertz CT molecular complexity index is 1130. The zero-order valence-corrected chi connectivity index (χ0v) is 21.3. The molecule has 2 aromatic carbocycles. The van der Waals surface area contributed by atoms with Gasteiger partial charge < -0.3 is 19.3 Å². The van der Waals surface area contributed by atoms with Crippen LogP contribution in [0.3, 0.4) is 0 Å². The van der Waals surface area contributed by atoms with E-state index in [1.807, 2.05) is 0 Å². The molecule has 1 saturated carbocycles. The van der Waals surface area contributed by atoms with Gasteiger partial charge in [-0.25, -0.2) is 8.78 Å². The van der Waals surface area contributed by atoms with E-state index in [1.165, 1.54) is 36.4 Å². The summed E-state index contributed by atoms with van der Waals surface area (Å²) in [5, 5.41) is 12.6. The number of halogens is 10. The van der Waals surface area contributed by atoms with Gasteiger partial charge in [-0.15, -0.1) is 13.2 Å². The largest absolute Gasteiger partial charge is 0.573 e. The Morgan fingerprint density at radius 3 is 2.15 bits per heavy atom. The van der Waals surface area contributed by atoms with Crippen LogP contribution in [0, 0.1) is 5.92 Å². The summed E-state index contributed by atoms with van der Waals surface area (Å²) in [6.45, 7) is -0.696. The second-order valence-electron chi connectivity index (χ2n) is 9.68. The molecule has 1 fully saturated rings. The first-order valence-electron chi connectivity index (χ1n) is 12.4. The highest BCUT2D eigenvalue weighted by atomic mass is 19.4. The van der Waals surface area contributed by atoms with Crippen LogP contribution in [0.1, 0.15) is 36.8 Å². The summed E-state index contributed by atoms with van der Waals surface area (Å²) in [5.41, 5.74) is -3.16. The molecule has 1 aliphatic carbocycles. The van der Waals surface area contributed by atoms with E-state index in [1.54, 1.807) is 0 Å². The van der Waals surface area contributed by atoms with Crippen LogP contribution in [-0.4, -0.2) is 48.6 Å². The molecular formula is C26H27F10NO4. The van der Waals surface area contributed by atoms with Gasteiger partial charge in [0.15, 0.2) is 0 Å². The van der Waals surface area contributed by atoms with Crippen LogP contribution < -0.4 is 14.8 Å². The number of ether oxygens (including phenoxy) is 3. The van der Waals surface area contributed by atoms with Gasteiger partial charge in [-0.05, 0) is 60.6 Å². The van der Waals surface area contributed by atoms with Gasteiger partial charge in [-0.2, -0.15) is 22.0 Å². The molecule has 230 valence electrons. The molecular weight excluding hydrogens is 580 g/mol. The van der Waals surface area contributed by atoms with Gasteiger partial charge in [0, 0.05) is 13.0 Å². The molecule has 0 spiro atoms. The van der Waals surface area contributed by atoms with Crippen LogP contribution in [0.5, 0.6) is 11.5 Å². The average Bonchev–Trinajstić information content (AvgIpc) is 2.85. The molecule has 5 nitrogen and oxygen atoms in total. The van der Waals surface area contributed by atoms with Crippen molar-refractivity contribution in [3.05, 3.63) is 59.7 Å². The van der Waals surface area contributed by atoms with Gasteiger partial charge in [-0.3, -0.25) is 5.32 Å². The SMILES string of the molecule is OC(Cc1cccc(OCc2cccc(OC(F)(F)F)c2)c1)(NCC1CCCC(OC(F)(F)C(F)F)C1)C(F)(F)F. The summed E-state index contributed by atoms with van der Waals surface area (Å²) < 4.78 is 144. The number of hydrogen-bond donors (Lipinski definition) is 2. The fourth-order valence-corrected chi connectivity index (χ4v) is 4.42. The Kier molecular flexibility index (Phi) is 10.4. The molecule has 0 saturated heterocycles. The van der Waals surface area contributed by atoms with Crippen molar-refractivity contribution in [3.8, 4) is 11.5 Å². The first-order chi connectivity index (χ1) is 19.0. The van der Waals surface area contributed by atoms with Crippen molar-refractivity contribution in [1.29, 1.82) is 0 Å². The van der Waals surface area contributed by atoms with Gasteiger partial charge in [0.25, 0.3) is 0 Å². The number of aliphatic hydroxyl groups is 1. The lowest BCUT2D eigenvalue weighted by Crippen LogP contribution is -2.59. The molecule has 3 unspecified atom stereocenters. The van der Waals surface area contributed by atoms with E-state index in [4.69, 9.17) is 4.74 Å². The molecule has 0 aliphatic heterocycles. The maximum absolute atomic E-state index is 13.9. The summed E-state index contributed by atoms with van der Waals surface area (Å²) in [4.78, 5) is 0. The van der Waals surface area contributed by atoms with Crippen LogP contribution in [0.15, 0.2) is 48.5 Å². The molecule has 41 heavy (non-hydrogen) atoms.